The Kier molecular flexibility index (Phi) is 7.39. The molecule has 2 saturated heterocycles. The second kappa shape index (κ2) is 7.67. The molecule has 4 heteroatoms. The van der Waals surface area contributed by atoms with Crippen molar-refractivity contribution in [3.63, 3.8) is 0 Å². The summed E-state index contributed by atoms with van der Waals surface area (Å²) in [6.45, 7) is 10.3. The molecule has 0 saturated carbocycles. The van der Waals surface area contributed by atoms with Crippen molar-refractivity contribution in [1.82, 2.24) is 9.80 Å². The molecule has 0 unspecified atom stereocenters. The maximum absolute atomic E-state index is 11.3. The quantitative estimate of drug-likeness (QED) is 0.653. The van der Waals surface area contributed by atoms with Crippen molar-refractivity contribution in [2.24, 2.45) is 0 Å². The van der Waals surface area contributed by atoms with E-state index in [-0.39, 0.29) is 18.2 Å². The zero-order chi connectivity index (χ0) is 13.5. The molecule has 2 aliphatic heterocycles. The third-order valence-corrected chi connectivity index (χ3v) is 3.22. The number of carbonyl (C=O) groups excluding carboxylic acids is 1. The fourth-order valence-electron chi connectivity index (χ4n) is 2.06. The Morgan fingerprint density at radius 3 is 1.88 bits per heavy atom. The number of amides is 1. The summed E-state index contributed by atoms with van der Waals surface area (Å²) in [5.74, 6) is 0.115. The SMILES string of the molecule is CC.CC.CN1CCC2(CC1)OCC(=O)N2C. The molecule has 0 aromatic carbocycles. The van der Waals surface area contributed by atoms with Gasteiger partial charge in [-0.2, -0.15) is 0 Å². The van der Waals surface area contributed by atoms with E-state index in [0.717, 1.165) is 25.9 Å². The zero-order valence-electron chi connectivity index (χ0n) is 12.2. The van der Waals surface area contributed by atoms with Crippen LogP contribution < -0.4 is 0 Å². The van der Waals surface area contributed by atoms with Crippen LogP contribution >= 0.6 is 0 Å². The van der Waals surface area contributed by atoms with Gasteiger partial charge in [0.15, 0.2) is 0 Å². The molecule has 102 valence electrons. The normalized spacial score (nSPS) is 22.7. The van der Waals surface area contributed by atoms with E-state index in [0.29, 0.717) is 0 Å². The number of ether oxygens (including phenoxy) is 1. The highest BCUT2D eigenvalue weighted by Gasteiger charge is 2.45. The number of piperidine rings is 1. The summed E-state index contributed by atoms with van der Waals surface area (Å²) >= 11 is 0. The van der Waals surface area contributed by atoms with Crippen LogP contribution in [0.5, 0.6) is 0 Å². The van der Waals surface area contributed by atoms with Crippen molar-refractivity contribution in [3.05, 3.63) is 0 Å². The number of carbonyl (C=O) groups is 1. The Balaban J connectivity index is 0.000000581. The second-order valence-electron chi connectivity index (χ2n) is 3.99. The molecule has 0 aromatic heterocycles. The van der Waals surface area contributed by atoms with E-state index in [1.807, 2.05) is 34.7 Å². The molecule has 0 N–H and O–H groups in total. The molecule has 0 aliphatic carbocycles. The van der Waals surface area contributed by atoms with Crippen molar-refractivity contribution in [3.8, 4) is 0 Å². The lowest BCUT2D eigenvalue weighted by Gasteiger charge is -2.40. The van der Waals surface area contributed by atoms with Crippen LogP contribution in [-0.4, -0.2) is 55.2 Å². The summed E-state index contributed by atoms with van der Waals surface area (Å²) in [5, 5.41) is 0. The minimum atomic E-state index is -0.274. The molecule has 0 atom stereocenters. The maximum atomic E-state index is 11.3. The van der Waals surface area contributed by atoms with E-state index < -0.39 is 0 Å². The van der Waals surface area contributed by atoms with Gasteiger partial charge in [0.2, 0.25) is 0 Å². The van der Waals surface area contributed by atoms with Gasteiger partial charge in [-0.15, -0.1) is 0 Å². The third kappa shape index (κ3) is 3.68. The molecule has 17 heavy (non-hydrogen) atoms. The van der Waals surface area contributed by atoms with E-state index >= 15 is 0 Å². The van der Waals surface area contributed by atoms with Crippen molar-refractivity contribution >= 4 is 5.91 Å². The summed E-state index contributed by atoms with van der Waals surface area (Å²) in [5.41, 5.74) is -0.274. The van der Waals surface area contributed by atoms with E-state index in [9.17, 15) is 4.79 Å². The van der Waals surface area contributed by atoms with Gasteiger partial charge >= 0.3 is 0 Å². The highest BCUT2D eigenvalue weighted by Crippen LogP contribution is 2.32. The largest absolute Gasteiger partial charge is 0.346 e. The average molecular weight is 244 g/mol. The molecule has 0 radical (unpaired) electrons. The van der Waals surface area contributed by atoms with Gasteiger partial charge in [0.1, 0.15) is 12.3 Å². The fourth-order valence-corrected chi connectivity index (χ4v) is 2.06. The van der Waals surface area contributed by atoms with E-state index in [4.69, 9.17) is 4.74 Å². The lowest BCUT2D eigenvalue weighted by Crippen LogP contribution is -2.51. The summed E-state index contributed by atoms with van der Waals surface area (Å²) in [7, 11) is 3.95. The standard InChI is InChI=1S/C9H16N2O2.2C2H6/c1-10-5-3-9(4-6-10)11(2)8(12)7-13-9;2*1-2/h3-7H2,1-2H3;2*1-2H3. The molecular formula is C13H28N2O2. The number of rotatable bonds is 0. The Morgan fingerprint density at radius 2 is 1.53 bits per heavy atom. The minimum absolute atomic E-state index is 0.115. The Morgan fingerprint density at radius 1 is 1.06 bits per heavy atom. The maximum Gasteiger partial charge on any atom is 0.250 e. The van der Waals surface area contributed by atoms with Crippen LogP contribution in [-0.2, 0) is 9.53 Å². The van der Waals surface area contributed by atoms with E-state index in [2.05, 4.69) is 11.9 Å². The number of nitrogens with zero attached hydrogens (tertiary/aromatic N) is 2. The van der Waals surface area contributed by atoms with Crippen LogP contribution in [0.15, 0.2) is 0 Å². The molecule has 2 rings (SSSR count). The van der Waals surface area contributed by atoms with E-state index in [1.165, 1.54) is 0 Å². The lowest BCUT2D eigenvalue weighted by atomic mass is 10.00. The molecule has 0 aromatic rings. The third-order valence-electron chi connectivity index (χ3n) is 3.22. The highest BCUT2D eigenvalue weighted by molar-refractivity contribution is 5.79. The van der Waals surface area contributed by atoms with Gasteiger partial charge in [0, 0.05) is 33.0 Å². The van der Waals surface area contributed by atoms with E-state index in [1.54, 1.807) is 4.90 Å². The first-order valence-electron chi connectivity index (χ1n) is 6.73. The van der Waals surface area contributed by atoms with Gasteiger partial charge in [-0.1, -0.05) is 27.7 Å². The van der Waals surface area contributed by atoms with Gasteiger partial charge in [-0.05, 0) is 7.05 Å². The monoisotopic (exact) mass is 244 g/mol. The number of hydrogen-bond donors (Lipinski definition) is 0. The molecule has 4 nitrogen and oxygen atoms in total. The predicted octanol–water partition coefficient (Wildman–Crippen LogP) is 1.95. The lowest BCUT2D eigenvalue weighted by molar-refractivity contribution is -0.135. The Labute approximate surface area is 106 Å². The topological polar surface area (TPSA) is 32.8 Å². The van der Waals surface area contributed by atoms with Crippen LogP contribution in [0.25, 0.3) is 0 Å². The van der Waals surface area contributed by atoms with Crippen LogP contribution in [0.3, 0.4) is 0 Å². The Bertz CT molecular complexity index is 223. The van der Waals surface area contributed by atoms with Crippen LogP contribution in [0.4, 0.5) is 0 Å². The zero-order valence-corrected chi connectivity index (χ0v) is 12.2. The van der Waals surface area contributed by atoms with Gasteiger partial charge in [-0.25, -0.2) is 0 Å². The summed E-state index contributed by atoms with van der Waals surface area (Å²) in [6.07, 6.45) is 1.87. The van der Waals surface area contributed by atoms with Crippen LogP contribution in [0.1, 0.15) is 40.5 Å². The summed E-state index contributed by atoms with van der Waals surface area (Å²) in [4.78, 5) is 15.4. The second-order valence-corrected chi connectivity index (χ2v) is 3.99. The van der Waals surface area contributed by atoms with Crippen LogP contribution in [0, 0.1) is 0 Å². The Hall–Kier alpha value is -0.610. The predicted molar refractivity (Wildman–Crippen MR) is 70.9 cm³/mol. The average Bonchev–Trinajstić information content (AvgIpc) is 2.67. The number of likely N-dealkylation sites (N-methyl/N-ethyl adjacent to an activating group) is 1. The van der Waals surface area contributed by atoms with Gasteiger partial charge in [0.25, 0.3) is 5.91 Å². The first kappa shape index (κ1) is 16.4. The van der Waals surface area contributed by atoms with Crippen molar-refractivity contribution in [1.29, 1.82) is 0 Å². The number of likely N-dealkylation sites (tertiary alicyclic amines) is 1. The minimum Gasteiger partial charge on any atom is -0.346 e. The summed E-state index contributed by atoms with van der Waals surface area (Å²) in [6, 6.07) is 0. The van der Waals surface area contributed by atoms with Crippen molar-refractivity contribution < 1.29 is 9.53 Å². The number of hydrogen-bond acceptors (Lipinski definition) is 3. The molecule has 1 amide bonds. The summed E-state index contributed by atoms with van der Waals surface area (Å²) < 4.78 is 5.60. The molecule has 2 aliphatic rings. The van der Waals surface area contributed by atoms with Gasteiger partial charge < -0.3 is 14.5 Å². The molecule has 0 bridgehead atoms. The molecule has 2 fully saturated rings. The first-order valence-corrected chi connectivity index (χ1v) is 6.73. The molecule has 1 spiro atoms. The van der Waals surface area contributed by atoms with Crippen molar-refractivity contribution in [2.75, 3.05) is 33.8 Å². The highest BCUT2D eigenvalue weighted by atomic mass is 16.5. The van der Waals surface area contributed by atoms with Crippen molar-refractivity contribution in [2.45, 2.75) is 46.3 Å². The fraction of sp³-hybridized carbons (Fsp3) is 0.923. The molecular weight excluding hydrogens is 216 g/mol. The molecule has 2 heterocycles. The van der Waals surface area contributed by atoms with Crippen LogP contribution in [0.2, 0.25) is 0 Å². The first-order chi connectivity index (χ1) is 8.14. The van der Waals surface area contributed by atoms with Gasteiger partial charge in [-0.3, -0.25) is 4.79 Å². The smallest absolute Gasteiger partial charge is 0.250 e. The van der Waals surface area contributed by atoms with Gasteiger partial charge in [0.05, 0.1) is 0 Å².